The first kappa shape index (κ1) is 13.1. The lowest BCUT2D eigenvalue weighted by molar-refractivity contribution is 0.0983. The number of anilines is 1. The van der Waals surface area contributed by atoms with Crippen LogP contribution in [0, 0.1) is 0 Å². The van der Waals surface area contributed by atoms with Gasteiger partial charge in [0, 0.05) is 6.61 Å². The van der Waals surface area contributed by atoms with Crippen LogP contribution in [-0.4, -0.2) is 24.8 Å². The van der Waals surface area contributed by atoms with Gasteiger partial charge in [-0.2, -0.15) is 0 Å². The first-order valence-electron chi connectivity index (χ1n) is 6.15. The fraction of sp³-hybridized carbons (Fsp3) is 0.462. The van der Waals surface area contributed by atoms with E-state index in [1.807, 2.05) is 12.1 Å². The Morgan fingerprint density at radius 1 is 1.28 bits per heavy atom. The normalized spacial score (nSPS) is 10.9. The minimum absolute atomic E-state index is 0.517. The van der Waals surface area contributed by atoms with Crippen LogP contribution in [0.4, 0.5) is 5.69 Å². The predicted octanol–water partition coefficient (Wildman–Crippen LogP) is 3.07. The Balaban J connectivity index is 1.86. The maximum Gasteiger partial charge on any atom is 0.144 e. The summed E-state index contributed by atoms with van der Waals surface area (Å²) in [5.74, 6) is 0.687. The molecule has 0 saturated heterocycles. The van der Waals surface area contributed by atoms with Crippen molar-refractivity contribution in [1.29, 1.82) is 0 Å². The molecule has 0 saturated carbocycles. The van der Waals surface area contributed by atoms with Crippen molar-refractivity contribution in [1.82, 2.24) is 4.98 Å². The van der Waals surface area contributed by atoms with Crippen molar-refractivity contribution in [3.8, 4) is 5.75 Å². The number of aromatic nitrogens is 1. The van der Waals surface area contributed by atoms with Gasteiger partial charge < -0.3 is 15.2 Å². The highest BCUT2D eigenvalue weighted by Gasteiger charge is 2.07. The molecule has 0 aliphatic heterocycles. The third-order valence-corrected chi connectivity index (χ3v) is 3.42. The van der Waals surface area contributed by atoms with Crippen molar-refractivity contribution in [2.75, 3.05) is 25.6 Å². The highest BCUT2D eigenvalue weighted by molar-refractivity contribution is 7.16. The van der Waals surface area contributed by atoms with Crippen LogP contribution in [0.15, 0.2) is 17.6 Å². The minimum Gasteiger partial charge on any atom is -0.489 e. The summed E-state index contributed by atoms with van der Waals surface area (Å²) >= 11 is 1.58. The van der Waals surface area contributed by atoms with Crippen molar-refractivity contribution in [3.05, 3.63) is 17.6 Å². The molecule has 0 spiro atoms. The number of unbranched alkanes of at least 4 members (excludes halogenated alkanes) is 1. The topological polar surface area (TPSA) is 57.4 Å². The second-order valence-electron chi connectivity index (χ2n) is 3.99. The van der Waals surface area contributed by atoms with Crippen LogP contribution in [0.3, 0.4) is 0 Å². The monoisotopic (exact) mass is 266 g/mol. The molecule has 0 aliphatic carbocycles. The zero-order valence-corrected chi connectivity index (χ0v) is 11.3. The van der Waals surface area contributed by atoms with Crippen molar-refractivity contribution < 1.29 is 9.47 Å². The maximum atomic E-state index is 6.00. The van der Waals surface area contributed by atoms with Gasteiger partial charge >= 0.3 is 0 Å². The number of nitrogen functional groups attached to an aromatic ring is 1. The average Bonchev–Trinajstić information content (AvgIpc) is 2.85. The first-order chi connectivity index (χ1) is 8.83. The van der Waals surface area contributed by atoms with Crippen molar-refractivity contribution >= 4 is 27.2 Å². The lowest BCUT2D eigenvalue weighted by Gasteiger charge is -2.09. The Hall–Kier alpha value is -1.33. The molecule has 2 rings (SSSR count). The van der Waals surface area contributed by atoms with E-state index in [9.17, 15) is 0 Å². The molecule has 1 aromatic carbocycles. The van der Waals surface area contributed by atoms with E-state index in [1.54, 1.807) is 16.8 Å². The molecule has 98 valence electrons. The standard InChI is InChI=1S/C13H18N2O2S/c1-2-3-6-16-7-8-17-10-4-5-11-13(12(10)14)15-9-18-11/h4-5,9H,2-3,6-8,14H2,1H3. The molecule has 0 unspecified atom stereocenters. The average molecular weight is 266 g/mol. The zero-order chi connectivity index (χ0) is 12.8. The van der Waals surface area contributed by atoms with E-state index < -0.39 is 0 Å². The molecule has 1 aromatic heterocycles. The quantitative estimate of drug-likeness (QED) is 0.618. The second kappa shape index (κ2) is 6.56. The largest absolute Gasteiger partial charge is 0.489 e. The van der Waals surface area contributed by atoms with Crippen LogP contribution in [-0.2, 0) is 4.74 Å². The molecule has 0 aliphatic rings. The molecule has 0 radical (unpaired) electrons. The summed E-state index contributed by atoms with van der Waals surface area (Å²) in [7, 11) is 0. The van der Waals surface area contributed by atoms with Gasteiger partial charge in [-0.3, -0.25) is 0 Å². The minimum atomic E-state index is 0.517. The van der Waals surface area contributed by atoms with E-state index in [0.29, 0.717) is 24.7 Å². The molecular weight excluding hydrogens is 248 g/mol. The van der Waals surface area contributed by atoms with E-state index in [2.05, 4.69) is 11.9 Å². The molecule has 0 atom stereocenters. The van der Waals surface area contributed by atoms with E-state index in [4.69, 9.17) is 15.2 Å². The van der Waals surface area contributed by atoms with E-state index in [0.717, 1.165) is 29.7 Å². The lowest BCUT2D eigenvalue weighted by atomic mass is 10.2. The Labute approximate surface area is 111 Å². The van der Waals surface area contributed by atoms with Crippen LogP contribution < -0.4 is 10.5 Å². The van der Waals surface area contributed by atoms with Crippen molar-refractivity contribution in [2.45, 2.75) is 19.8 Å². The van der Waals surface area contributed by atoms with Gasteiger partial charge in [0.05, 0.1) is 16.8 Å². The highest BCUT2D eigenvalue weighted by Crippen LogP contribution is 2.31. The summed E-state index contributed by atoms with van der Waals surface area (Å²) in [5.41, 5.74) is 9.23. The molecule has 2 N–H and O–H groups in total. The first-order valence-corrected chi connectivity index (χ1v) is 7.03. The van der Waals surface area contributed by atoms with Crippen LogP contribution >= 0.6 is 11.3 Å². The SMILES string of the molecule is CCCCOCCOc1ccc2scnc2c1N. The molecule has 0 bridgehead atoms. The maximum absolute atomic E-state index is 6.00. The number of fused-ring (bicyclic) bond motifs is 1. The molecule has 4 nitrogen and oxygen atoms in total. The van der Waals surface area contributed by atoms with Gasteiger partial charge in [0.15, 0.2) is 0 Å². The number of thiazole rings is 1. The fourth-order valence-electron chi connectivity index (χ4n) is 1.62. The Morgan fingerprint density at radius 2 is 2.17 bits per heavy atom. The van der Waals surface area contributed by atoms with E-state index in [1.165, 1.54) is 0 Å². The Kier molecular flexibility index (Phi) is 4.78. The van der Waals surface area contributed by atoms with Crippen LogP contribution in [0.1, 0.15) is 19.8 Å². The lowest BCUT2D eigenvalue weighted by Crippen LogP contribution is -2.08. The molecule has 2 aromatic rings. The van der Waals surface area contributed by atoms with Gasteiger partial charge in [0.1, 0.15) is 23.6 Å². The van der Waals surface area contributed by atoms with Crippen LogP contribution in [0.2, 0.25) is 0 Å². The number of hydrogen-bond donors (Lipinski definition) is 1. The summed E-state index contributed by atoms with van der Waals surface area (Å²) in [6, 6.07) is 3.87. The third-order valence-electron chi connectivity index (χ3n) is 2.63. The Bertz CT molecular complexity index is 499. The van der Waals surface area contributed by atoms with Crippen LogP contribution in [0.5, 0.6) is 5.75 Å². The number of hydrogen-bond acceptors (Lipinski definition) is 5. The van der Waals surface area contributed by atoms with Crippen LogP contribution in [0.25, 0.3) is 10.2 Å². The highest BCUT2D eigenvalue weighted by atomic mass is 32.1. The molecule has 1 heterocycles. The van der Waals surface area contributed by atoms with Crippen molar-refractivity contribution in [2.24, 2.45) is 0 Å². The van der Waals surface area contributed by atoms with E-state index >= 15 is 0 Å². The fourth-order valence-corrected chi connectivity index (χ4v) is 2.31. The number of benzene rings is 1. The number of nitrogens with zero attached hydrogens (tertiary/aromatic N) is 1. The smallest absolute Gasteiger partial charge is 0.144 e. The zero-order valence-electron chi connectivity index (χ0n) is 10.5. The summed E-state index contributed by atoms with van der Waals surface area (Å²) in [6.07, 6.45) is 2.24. The molecular formula is C13H18N2O2S. The van der Waals surface area contributed by atoms with E-state index in [-0.39, 0.29) is 0 Å². The number of rotatable bonds is 7. The number of ether oxygens (including phenoxy) is 2. The third kappa shape index (κ3) is 3.11. The van der Waals surface area contributed by atoms with Gasteiger partial charge in [0.2, 0.25) is 0 Å². The van der Waals surface area contributed by atoms with Gasteiger partial charge in [-0.05, 0) is 18.6 Å². The number of nitrogens with two attached hydrogens (primary N) is 1. The van der Waals surface area contributed by atoms with Gasteiger partial charge in [-0.25, -0.2) is 4.98 Å². The Morgan fingerprint density at radius 3 is 3.00 bits per heavy atom. The van der Waals surface area contributed by atoms with Gasteiger partial charge in [-0.15, -0.1) is 11.3 Å². The molecule has 18 heavy (non-hydrogen) atoms. The molecule has 0 amide bonds. The summed E-state index contributed by atoms with van der Waals surface area (Å²) in [6.45, 7) is 4.04. The van der Waals surface area contributed by atoms with Gasteiger partial charge in [0.25, 0.3) is 0 Å². The van der Waals surface area contributed by atoms with Crippen molar-refractivity contribution in [3.63, 3.8) is 0 Å². The second-order valence-corrected chi connectivity index (χ2v) is 4.88. The van der Waals surface area contributed by atoms with Gasteiger partial charge in [-0.1, -0.05) is 13.3 Å². The predicted molar refractivity (Wildman–Crippen MR) is 75.3 cm³/mol. The summed E-state index contributed by atoms with van der Waals surface area (Å²) < 4.78 is 12.1. The molecule has 0 fully saturated rings. The molecule has 5 heteroatoms. The summed E-state index contributed by atoms with van der Waals surface area (Å²) in [5, 5.41) is 0. The summed E-state index contributed by atoms with van der Waals surface area (Å²) in [4.78, 5) is 4.23.